The Morgan fingerprint density at radius 3 is 2.35 bits per heavy atom. The molecule has 0 saturated heterocycles. The maximum Gasteiger partial charge on any atom is 0.207 e. The molecule has 0 saturated carbocycles. The molecule has 3 N–H and O–H groups in total. The van der Waals surface area contributed by atoms with Gasteiger partial charge in [-0.25, -0.2) is 8.42 Å². The number of hydrogen-bond acceptors (Lipinski definition) is 4. The minimum absolute atomic E-state index is 0.0484. The Balaban J connectivity index is 3.12. The fourth-order valence-electron chi connectivity index (χ4n) is 1.23. The van der Waals surface area contributed by atoms with Crippen LogP contribution in [0.1, 0.15) is 18.6 Å². The molecular formula is C10H13BrINO3S. The summed E-state index contributed by atoms with van der Waals surface area (Å²) in [5.74, 6) is -0.0484. The first-order valence-corrected chi connectivity index (χ1v) is 8.38. The second-order valence-electron chi connectivity index (χ2n) is 3.53. The minimum atomic E-state index is -3.43. The Hall–Kier alpha value is 0.140. The Bertz CT molecular complexity index is 487. The van der Waals surface area contributed by atoms with E-state index in [1.807, 2.05) is 0 Å². The molecule has 1 aromatic carbocycles. The molecule has 4 nitrogen and oxygen atoms in total. The highest BCUT2D eigenvalue weighted by Gasteiger charge is 2.44. The van der Waals surface area contributed by atoms with Crippen LogP contribution in [0.4, 0.5) is 5.69 Å². The van der Waals surface area contributed by atoms with Gasteiger partial charge in [-0.1, -0.05) is 35.0 Å². The normalized spacial score (nSPS) is 17.4. The first kappa shape index (κ1) is 15.2. The number of aliphatic hydroxyl groups is 1. The van der Waals surface area contributed by atoms with Crippen molar-refractivity contribution in [3.63, 3.8) is 0 Å². The van der Waals surface area contributed by atoms with Gasteiger partial charge in [-0.15, -0.1) is 0 Å². The van der Waals surface area contributed by atoms with E-state index in [9.17, 15) is 13.5 Å². The first-order valence-electron chi connectivity index (χ1n) is 4.86. The Kier molecular flexibility index (Phi) is 4.84. The maximum absolute atomic E-state index is 11.9. The van der Waals surface area contributed by atoms with E-state index >= 15 is 0 Å². The van der Waals surface area contributed by atoms with Crippen molar-refractivity contribution >= 4 is 54.0 Å². The van der Waals surface area contributed by atoms with Crippen molar-refractivity contribution in [3.05, 3.63) is 29.8 Å². The average molecular weight is 434 g/mol. The number of rotatable bonds is 4. The van der Waals surface area contributed by atoms with Gasteiger partial charge in [0.15, 0.2) is 9.84 Å². The van der Waals surface area contributed by atoms with E-state index in [1.54, 1.807) is 53.8 Å². The summed E-state index contributed by atoms with van der Waals surface area (Å²) in [5, 5.41) is 10.1. The summed E-state index contributed by atoms with van der Waals surface area (Å²) in [4.78, 5) is 0. The van der Waals surface area contributed by atoms with Gasteiger partial charge in [0.1, 0.15) is 6.10 Å². The van der Waals surface area contributed by atoms with E-state index in [0.717, 1.165) is 0 Å². The number of hydrogen-bond donors (Lipinski definition) is 2. The number of nitrogen functional groups attached to an aromatic ring is 1. The minimum Gasteiger partial charge on any atom is -0.399 e. The van der Waals surface area contributed by atoms with Crippen LogP contribution in [0.25, 0.3) is 0 Å². The molecule has 0 radical (unpaired) electrons. The molecule has 0 aromatic heterocycles. The fourth-order valence-corrected chi connectivity index (χ4v) is 4.34. The summed E-state index contributed by atoms with van der Waals surface area (Å²) in [7, 11) is -3.43. The van der Waals surface area contributed by atoms with Crippen molar-refractivity contribution in [2.75, 3.05) is 11.5 Å². The molecule has 2 atom stereocenters. The molecule has 0 spiro atoms. The van der Waals surface area contributed by atoms with Crippen molar-refractivity contribution in [1.29, 1.82) is 0 Å². The van der Waals surface area contributed by atoms with E-state index in [1.165, 1.54) is 0 Å². The third-order valence-corrected chi connectivity index (χ3v) is 8.69. The zero-order valence-corrected chi connectivity index (χ0v) is 13.7. The van der Waals surface area contributed by atoms with Crippen LogP contribution in [-0.4, -0.2) is 20.9 Å². The SMILES string of the molecule is CCS(=O)(=O)[C@@](Br)(I)[C@H](O)c1ccc(N)cc1. The van der Waals surface area contributed by atoms with Crippen LogP contribution in [0, 0.1) is 0 Å². The summed E-state index contributed by atoms with van der Waals surface area (Å²) < 4.78 is 22.3. The zero-order chi connectivity index (χ0) is 13.3. The Morgan fingerprint density at radius 2 is 1.94 bits per heavy atom. The monoisotopic (exact) mass is 433 g/mol. The molecule has 17 heavy (non-hydrogen) atoms. The molecule has 0 aliphatic carbocycles. The lowest BCUT2D eigenvalue weighted by Gasteiger charge is -2.26. The number of nitrogens with two attached hydrogens (primary N) is 1. The summed E-state index contributed by atoms with van der Waals surface area (Å²) in [6, 6.07) is 6.47. The summed E-state index contributed by atoms with van der Waals surface area (Å²) in [6.07, 6.45) is -1.16. The number of halogens is 2. The molecule has 0 bridgehead atoms. The van der Waals surface area contributed by atoms with Crippen LogP contribution in [0.15, 0.2) is 24.3 Å². The molecule has 0 amide bonds. The van der Waals surface area contributed by atoms with Crippen LogP contribution < -0.4 is 5.73 Å². The lowest BCUT2D eigenvalue weighted by Crippen LogP contribution is -2.33. The van der Waals surface area contributed by atoms with Crippen molar-refractivity contribution < 1.29 is 13.5 Å². The summed E-state index contributed by atoms with van der Waals surface area (Å²) in [6.45, 7) is 1.54. The van der Waals surface area contributed by atoms with Gasteiger partial charge in [0.05, 0.1) is 0 Å². The largest absolute Gasteiger partial charge is 0.399 e. The van der Waals surface area contributed by atoms with Crippen LogP contribution >= 0.6 is 38.5 Å². The van der Waals surface area contributed by atoms with Gasteiger partial charge < -0.3 is 10.8 Å². The maximum atomic E-state index is 11.9. The highest BCUT2D eigenvalue weighted by Crippen LogP contribution is 2.45. The van der Waals surface area contributed by atoms with Crippen molar-refractivity contribution in [2.24, 2.45) is 0 Å². The van der Waals surface area contributed by atoms with E-state index < -0.39 is 17.6 Å². The van der Waals surface area contributed by atoms with E-state index in [2.05, 4.69) is 15.9 Å². The highest BCUT2D eigenvalue weighted by atomic mass is 127. The quantitative estimate of drug-likeness (QED) is 0.433. The fraction of sp³-hybridized carbons (Fsp3) is 0.400. The number of aliphatic hydroxyl groups excluding tert-OH is 1. The molecule has 0 fully saturated rings. The molecule has 0 unspecified atom stereocenters. The van der Waals surface area contributed by atoms with E-state index in [0.29, 0.717) is 11.3 Å². The van der Waals surface area contributed by atoms with Gasteiger partial charge >= 0.3 is 0 Å². The van der Waals surface area contributed by atoms with Crippen LogP contribution in [0.2, 0.25) is 0 Å². The van der Waals surface area contributed by atoms with Gasteiger partial charge in [-0.05, 0) is 40.3 Å². The number of anilines is 1. The molecule has 7 heteroatoms. The molecule has 96 valence electrons. The topological polar surface area (TPSA) is 80.4 Å². The van der Waals surface area contributed by atoms with Crippen molar-refractivity contribution in [2.45, 2.75) is 14.7 Å². The second-order valence-corrected chi connectivity index (χ2v) is 11.7. The van der Waals surface area contributed by atoms with E-state index in [4.69, 9.17) is 5.73 Å². The zero-order valence-electron chi connectivity index (χ0n) is 9.10. The molecule has 0 aliphatic rings. The molecule has 1 rings (SSSR count). The first-order chi connectivity index (χ1) is 7.72. The second kappa shape index (κ2) is 5.41. The number of benzene rings is 1. The standard InChI is InChI=1S/C10H13BrINO3S/c1-2-17(15,16)10(11,12)9(14)7-3-5-8(13)6-4-7/h3-6,9,14H,2,13H2,1H3/t9-,10+/m1/s1. The van der Waals surface area contributed by atoms with Gasteiger partial charge in [0.25, 0.3) is 0 Å². The third kappa shape index (κ3) is 3.12. The lowest BCUT2D eigenvalue weighted by atomic mass is 10.1. The highest BCUT2D eigenvalue weighted by molar-refractivity contribution is 14.1. The number of sulfone groups is 1. The summed E-state index contributed by atoms with van der Waals surface area (Å²) in [5.41, 5.74) is 6.60. The van der Waals surface area contributed by atoms with Gasteiger partial charge in [-0.2, -0.15) is 0 Å². The Labute approximate surface area is 123 Å². The lowest BCUT2D eigenvalue weighted by molar-refractivity contribution is 0.191. The van der Waals surface area contributed by atoms with Crippen LogP contribution in [0.5, 0.6) is 0 Å². The van der Waals surface area contributed by atoms with Crippen LogP contribution in [-0.2, 0) is 9.84 Å². The van der Waals surface area contributed by atoms with E-state index in [-0.39, 0.29) is 5.75 Å². The molecule has 0 heterocycles. The smallest absolute Gasteiger partial charge is 0.207 e. The molecule has 0 aliphatic heterocycles. The predicted octanol–water partition coefficient (Wildman–Crippen LogP) is 2.22. The Morgan fingerprint density at radius 1 is 1.47 bits per heavy atom. The van der Waals surface area contributed by atoms with Crippen LogP contribution in [0.3, 0.4) is 0 Å². The van der Waals surface area contributed by atoms with Gasteiger partial charge in [-0.3, -0.25) is 0 Å². The predicted molar refractivity (Wildman–Crippen MR) is 81.0 cm³/mol. The number of alkyl halides is 2. The van der Waals surface area contributed by atoms with Crippen molar-refractivity contribution in [1.82, 2.24) is 0 Å². The average Bonchev–Trinajstić information content (AvgIpc) is 2.28. The third-order valence-electron chi connectivity index (χ3n) is 2.37. The molecule has 1 aromatic rings. The van der Waals surface area contributed by atoms with Gasteiger partial charge in [0.2, 0.25) is 1.66 Å². The van der Waals surface area contributed by atoms with Gasteiger partial charge in [0, 0.05) is 11.4 Å². The summed E-state index contributed by atoms with van der Waals surface area (Å²) >= 11 is 4.81. The molecular weight excluding hydrogens is 421 g/mol. The van der Waals surface area contributed by atoms with Crippen molar-refractivity contribution in [3.8, 4) is 0 Å².